The number of aryl methyl sites for hydroxylation is 1. The fourth-order valence-electron chi connectivity index (χ4n) is 1.65. The van der Waals surface area contributed by atoms with Crippen molar-refractivity contribution in [2.45, 2.75) is 19.3 Å². The summed E-state index contributed by atoms with van der Waals surface area (Å²) in [7, 11) is 0. The van der Waals surface area contributed by atoms with Gasteiger partial charge in [0.15, 0.2) is 0 Å². The molecule has 96 valence electrons. The first-order valence-electron chi connectivity index (χ1n) is 5.77. The molecule has 2 N–H and O–H groups in total. The molecular weight excluding hydrogens is 346 g/mol. The first-order valence-corrected chi connectivity index (χ1v) is 6.85. The zero-order valence-corrected chi connectivity index (χ0v) is 12.0. The van der Waals surface area contributed by atoms with Crippen molar-refractivity contribution in [1.82, 2.24) is 15.0 Å². The summed E-state index contributed by atoms with van der Waals surface area (Å²) < 4.78 is 15.5. The van der Waals surface area contributed by atoms with Crippen molar-refractivity contribution < 1.29 is 4.39 Å². The lowest BCUT2D eigenvalue weighted by atomic mass is 10.2. The standard InChI is InChI=1S/C12H14FIN4/c13-9-4-5-12(11(14)7-9)18-8-10(16-17-18)3-1-2-6-15/h4-5,7-8H,1-3,6,15H2. The highest BCUT2D eigenvalue weighted by molar-refractivity contribution is 14.1. The Bertz CT molecular complexity index is 527. The molecule has 0 fully saturated rings. The van der Waals surface area contributed by atoms with Crippen LogP contribution in [0.15, 0.2) is 24.4 Å². The number of aromatic nitrogens is 3. The largest absolute Gasteiger partial charge is 0.330 e. The topological polar surface area (TPSA) is 56.7 Å². The molecule has 1 aromatic carbocycles. The number of rotatable bonds is 5. The predicted octanol–water partition coefficient (Wildman–Crippen LogP) is 2.29. The van der Waals surface area contributed by atoms with Crippen molar-refractivity contribution in [3.8, 4) is 5.69 Å². The van der Waals surface area contributed by atoms with Crippen LogP contribution in [0.2, 0.25) is 0 Å². The van der Waals surface area contributed by atoms with E-state index in [9.17, 15) is 4.39 Å². The van der Waals surface area contributed by atoms with Crippen molar-refractivity contribution in [2.75, 3.05) is 6.54 Å². The lowest BCUT2D eigenvalue weighted by molar-refractivity contribution is 0.625. The Morgan fingerprint density at radius 3 is 2.89 bits per heavy atom. The van der Waals surface area contributed by atoms with Gasteiger partial charge >= 0.3 is 0 Å². The molecule has 1 aromatic heterocycles. The van der Waals surface area contributed by atoms with E-state index in [1.165, 1.54) is 12.1 Å². The van der Waals surface area contributed by atoms with Crippen LogP contribution in [0.5, 0.6) is 0 Å². The Balaban J connectivity index is 2.13. The van der Waals surface area contributed by atoms with Crippen LogP contribution >= 0.6 is 22.6 Å². The Morgan fingerprint density at radius 2 is 2.17 bits per heavy atom. The van der Waals surface area contributed by atoms with E-state index in [2.05, 4.69) is 32.9 Å². The first kappa shape index (κ1) is 13.4. The van der Waals surface area contributed by atoms with Crippen molar-refractivity contribution >= 4 is 22.6 Å². The van der Waals surface area contributed by atoms with E-state index in [1.54, 1.807) is 10.7 Å². The molecule has 0 atom stereocenters. The van der Waals surface area contributed by atoms with Crippen LogP contribution < -0.4 is 5.73 Å². The Labute approximate surface area is 119 Å². The predicted molar refractivity (Wildman–Crippen MR) is 76.0 cm³/mol. The molecule has 0 aliphatic heterocycles. The average molecular weight is 360 g/mol. The molecule has 0 radical (unpaired) electrons. The summed E-state index contributed by atoms with van der Waals surface area (Å²) >= 11 is 2.09. The SMILES string of the molecule is NCCCCc1cn(-c2ccc(F)cc2I)nn1. The van der Waals surface area contributed by atoms with Gasteiger partial charge in [-0.2, -0.15) is 0 Å². The van der Waals surface area contributed by atoms with Crippen LogP contribution in [-0.2, 0) is 6.42 Å². The minimum absolute atomic E-state index is 0.244. The van der Waals surface area contributed by atoms with Gasteiger partial charge in [0.1, 0.15) is 5.82 Å². The molecule has 1 heterocycles. The van der Waals surface area contributed by atoms with Gasteiger partial charge < -0.3 is 5.73 Å². The minimum Gasteiger partial charge on any atom is -0.330 e. The summed E-state index contributed by atoms with van der Waals surface area (Å²) in [5.74, 6) is -0.244. The van der Waals surface area contributed by atoms with Crippen LogP contribution in [0.25, 0.3) is 5.69 Å². The minimum atomic E-state index is -0.244. The van der Waals surface area contributed by atoms with Crippen molar-refractivity contribution in [2.24, 2.45) is 5.73 Å². The molecule has 18 heavy (non-hydrogen) atoms. The van der Waals surface area contributed by atoms with Crippen LogP contribution in [0.3, 0.4) is 0 Å². The van der Waals surface area contributed by atoms with Gasteiger partial charge in [0.05, 0.1) is 17.6 Å². The number of unbranched alkanes of at least 4 members (excludes halogenated alkanes) is 1. The molecule has 4 nitrogen and oxygen atoms in total. The lowest BCUT2D eigenvalue weighted by Crippen LogP contribution is -1.99. The summed E-state index contributed by atoms with van der Waals surface area (Å²) in [4.78, 5) is 0. The summed E-state index contributed by atoms with van der Waals surface area (Å²) in [6.45, 7) is 0.698. The van der Waals surface area contributed by atoms with Gasteiger partial charge in [-0.15, -0.1) is 5.10 Å². The zero-order chi connectivity index (χ0) is 13.0. The molecule has 0 aliphatic carbocycles. The number of halogens is 2. The lowest BCUT2D eigenvalue weighted by Gasteiger charge is -2.02. The number of benzene rings is 1. The van der Waals surface area contributed by atoms with Gasteiger partial charge in [-0.3, -0.25) is 0 Å². The second-order valence-electron chi connectivity index (χ2n) is 4.00. The smallest absolute Gasteiger partial charge is 0.124 e. The van der Waals surface area contributed by atoms with Crippen molar-refractivity contribution in [3.05, 3.63) is 39.5 Å². The van der Waals surface area contributed by atoms with Gasteiger partial charge in [0, 0.05) is 3.57 Å². The molecule has 0 saturated carbocycles. The maximum absolute atomic E-state index is 13.0. The second kappa shape index (κ2) is 6.24. The number of hydrogen-bond donors (Lipinski definition) is 1. The third kappa shape index (κ3) is 3.26. The third-order valence-electron chi connectivity index (χ3n) is 2.58. The van der Waals surface area contributed by atoms with E-state index < -0.39 is 0 Å². The fraction of sp³-hybridized carbons (Fsp3) is 0.333. The maximum atomic E-state index is 13.0. The Hall–Kier alpha value is -1.02. The van der Waals surface area contributed by atoms with Crippen molar-refractivity contribution in [1.29, 1.82) is 0 Å². The first-order chi connectivity index (χ1) is 8.70. The fourth-order valence-corrected chi connectivity index (χ4v) is 2.37. The zero-order valence-electron chi connectivity index (χ0n) is 9.81. The van der Waals surface area contributed by atoms with Gasteiger partial charge in [-0.05, 0) is 66.6 Å². The average Bonchev–Trinajstić information content (AvgIpc) is 2.78. The number of nitrogens with zero attached hydrogens (tertiary/aromatic N) is 3. The molecule has 0 bridgehead atoms. The highest BCUT2D eigenvalue weighted by Gasteiger charge is 2.07. The molecule has 0 aliphatic rings. The number of hydrogen-bond acceptors (Lipinski definition) is 3. The quantitative estimate of drug-likeness (QED) is 0.658. The summed E-state index contributed by atoms with van der Waals surface area (Å²) in [6.07, 6.45) is 4.75. The molecule has 0 spiro atoms. The van der Waals surface area contributed by atoms with E-state index in [4.69, 9.17) is 5.73 Å². The molecule has 0 unspecified atom stereocenters. The van der Waals surface area contributed by atoms with Crippen LogP contribution in [0, 0.1) is 9.39 Å². The van der Waals surface area contributed by atoms with Crippen LogP contribution in [0.4, 0.5) is 4.39 Å². The molecule has 6 heteroatoms. The molecule has 2 aromatic rings. The third-order valence-corrected chi connectivity index (χ3v) is 3.45. The van der Waals surface area contributed by atoms with E-state index in [-0.39, 0.29) is 5.82 Å². The highest BCUT2D eigenvalue weighted by atomic mass is 127. The van der Waals surface area contributed by atoms with E-state index >= 15 is 0 Å². The van der Waals surface area contributed by atoms with Crippen LogP contribution in [-0.4, -0.2) is 21.5 Å². The van der Waals surface area contributed by atoms with Gasteiger partial charge in [-0.1, -0.05) is 5.21 Å². The molecule has 0 saturated heterocycles. The second-order valence-corrected chi connectivity index (χ2v) is 5.16. The van der Waals surface area contributed by atoms with Gasteiger partial charge in [0.25, 0.3) is 0 Å². The number of nitrogens with two attached hydrogens (primary N) is 1. The van der Waals surface area contributed by atoms with E-state index in [0.29, 0.717) is 6.54 Å². The molecule has 2 rings (SSSR count). The highest BCUT2D eigenvalue weighted by Crippen LogP contribution is 2.17. The summed E-state index contributed by atoms with van der Waals surface area (Å²) in [6, 6.07) is 4.61. The Kier molecular flexibility index (Phi) is 4.65. The normalized spacial score (nSPS) is 10.8. The summed E-state index contributed by atoms with van der Waals surface area (Å²) in [5.41, 5.74) is 7.22. The van der Waals surface area contributed by atoms with E-state index in [0.717, 1.165) is 34.2 Å². The molecular formula is C12H14FIN4. The van der Waals surface area contributed by atoms with Gasteiger partial charge in [-0.25, -0.2) is 9.07 Å². The van der Waals surface area contributed by atoms with Gasteiger partial charge in [0.2, 0.25) is 0 Å². The maximum Gasteiger partial charge on any atom is 0.124 e. The Morgan fingerprint density at radius 1 is 1.33 bits per heavy atom. The molecule has 0 amide bonds. The van der Waals surface area contributed by atoms with E-state index in [1.807, 2.05) is 6.20 Å². The summed E-state index contributed by atoms with van der Waals surface area (Å²) in [5, 5.41) is 8.17. The van der Waals surface area contributed by atoms with Crippen molar-refractivity contribution in [3.63, 3.8) is 0 Å². The van der Waals surface area contributed by atoms with Crippen LogP contribution in [0.1, 0.15) is 18.5 Å². The monoisotopic (exact) mass is 360 g/mol.